The van der Waals surface area contributed by atoms with Gasteiger partial charge in [-0.15, -0.1) is 24.0 Å². The van der Waals surface area contributed by atoms with Crippen LogP contribution in [0.2, 0.25) is 5.02 Å². The fraction of sp³-hybridized carbons (Fsp3) is 0.381. The minimum atomic E-state index is -0.308. The summed E-state index contributed by atoms with van der Waals surface area (Å²) in [5.74, 6) is 0.696. The number of guanidine groups is 1. The molecule has 3 N–H and O–H groups in total. The predicted molar refractivity (Wildman–Crippen MR) is 134 cm³/mol. The standard InChI is InChI=1S/C21H26ClFN6O.HI/c1-24-21(26-12-3-5-19(30)27-16-8-6-15(22)7-9-16)28-17-10-13-29(14-17)20-18(23)4-2-11-25-20;/h2,4,6-9,11,17H,3,5,10,12-14H2,1H3,(H,27,30)(H2,24,26,28);1H. The van der Waals surface area contributed by atoms with E-state index in [1.807, 2.05) is 4.90 Å². The average molecular weight is 561 g/mol. The van der Waals surface area contributed by atoms with E-state index >= 15 is 0 Å². The Morgan fingerprint density at radius 3 is 2.81 bits per heavy atom. The Bertz CT molecular complexity index is 882. The maximum atomic E-state index is 13.9. The summed E-state index contributed by atoms with van der Waals surface area (Å²) < 4.78 is 13.9. The Balaban J connectivity index is 0.00000341. The van der Waals surface area contributed by atoms with E-state index in [0.29, 0.717) is 42.7 Å². The van der Waals surface area contributed by atoms with Crippen LogP contribution in [0.15, 0.2) is 47.6 Å². The molecule has 0 bridgehead atoms. The van der Waals surface area contributed by atoms with Crippen LogP contribution in [0.4, 0.5) is 15.9 Å². The third-order valence-corrected chi connectivity index (χ3v) is 5.04. The van der Waals surface area contributed by atoms with Gasteiger partial charge in [0.1, 0.15) is 0 Å². The lowest BCUT2D eigenvalue weighted by Gasteiger charge is -2.20. The van der Waals surface area contributed by atoms with E-state index in [1.54, 1.807) is 43.6 Å². The molecule has 1 saturated heterocycles. The maximum Gasteiger partial charge on any atom is 0.224 e. The molecule has 31 heavy (non-hydrogen) atoms. The third kappa shape index (κ3) is 7.80. The van der Waals surface area contributed by atoms with Gasteiger partial charge in [-0.3, -0.25) is 9.79 Å². The van der Waals surface area contributed by atoms with Crippen LogP contribution in [0.5, 0.6) is 0 Å². The van der Waals surface area contributed by atoms with Gasteiger partial charge in [0.25, 0.3) is 0 Å². The van der Waals surface area contributed by atoms with Gasteiger partial charge in [0.05, 0.1) is 0 Å². The number of benzene rings is 1. The topological polar surface area (TPSA) is 81.6 Å². The lowest BCUT2D eigenvalue weighted by molar-refractivity contribution is -0.116. The first kappa shape index (κ1) is 25.1. The Labute approximate surface area is 203 Å². The third-order valence-electron chi connectivity index (χ3n) is 4.79. The second-order valence-electron chi connectivity index (χ2n) is 7.04. The summed E-state index contributed by atoms with van der Waals surface area (Å²) in [5, 5.41) is 10.0. The smallest absolute Gasteiger partial charge is 0.224 e. The number of carbonyl (C=O) groups excluding carboxylic acids is 1. The van der Waals surface area contributed by atoms with Crippen LogP contribution >= 0.6 is 35.6 Å². The molecule has 2 heterocycles. The number of hydrogen-bond donors (Lipinski definition) is 3. The van der Waals surface area contributed by atoms with Crippen LogP contribution in [-0.2, 0) is 4.79 Å². The van der Waals surface area contributed by atoms with Crippen LogP contribution in [0, 0.1) is 5.82 Å². The van der Waals surface area contributed by atoms with Crippen molar-refractivity contribution in [2.75, 3.05) is 36.9 Å². The molecule has 0 radical (unpaired) electrons. The molecule has 2 aromatic rings. The van der Waals surface area contributed by atoms with Crippen molar-refractivity contribution in [2.45, 2.75) is 25.3 Å². The molecule has 0 aliphatic carbocycles. The number of aliphatic imine (C=N–C) groups is 1. The van der Waals surface area contributed by atoms with Crippen molar-refractivity contribution in [1.82, 2.24) is 15.6 Å². The summed E-state index contributed by atoms with van der Waals surface area (Å²) >= 11 is 5.84. The summed E-state index contributed by atoms with van der Waals surface area (Å²) in [4.78, 5) is 22.3. The average Bonchev–Trinajstić information content (AvgIpc) is 3.20. The number of aromatic nitrogens is 1. The van der Waals surface area contributed by atoms with Gasteiger partial charge in [0.15, 0.2) is 17.6 Å². The zero-order valence-corrected chi connectivity index (χ0v) is 20.4. The van der Waals surface area contributed by atoms with Gasteiger partial charge in [-0.25, -0.2) is 9.37 Å². The molecule has 0 spiro atoms. The fourth-order valence-corrected chi connectivity index (χ4v) is 3.41. The first-order chi connectivity index (χ1) is 14.5. The lowest BCUT2D eigenvalue weighted by atomic mass is 10.2. The maximum absolute atomic E-state index is 13.9. The second kappa shape index (κ2) is 12.7. The zero-order valence-electron chi connectivity index (χ0n) is 17.3. The minimum absolute atomic E-state index is 0. The molecular weight excluding hydrogens is 534 g/mol. The normalized spacial score (nSPS) is 15.9. The van der Waals surface area contributed by atoms with E-state index in [-0.39, 0.29) is 41.7 Å². The van der Waals surface area contributed by atoms with Crippen molar-refractivity contribution in [3.63, 3.8) is 0 Å². The number of carbonyl (C=O) groups is 1. The van der Waals surface area contributed by atoms with Crippen LogP contribution < -0.4 is 20.9 Å². The van der Waals surface area contributed by atoms with Crippen LogP contribution in [0.3, 0.4) is 0 Å². The molecular formula is C21H27ClFIN6O. The molecule has 7 nitrogen and oxygen atoms in total. The molecule has 1 aromatic heterocycles. The molecule has 1 aromatic carbocycles. The number of halogens is 3. The van der Waals surface area contributed by atoms with Gasteiger partial charge in [-0.05, 0) is 49.2 Å². The quantitative estimate of drug-likeness (QED) is 0.209. The Morgan fingerprint density at radius 2 is 2.10 bits per heavy atom. The van der Waals surface area contributed by atoms with E-state index < -0.39 is 0 Å². The van der Waals surface area contributed by atoms with Gasteiger partial charge in [-0.2, -0.15) is 0 Å². The summed E-state index contributed by atoms with van der Waals surface area (Å²) in [6.45, 7) is 1.99. The number of nitrogens with one attached hydrogen (secondary N) is 3. The second-order valence-corrected chi connectivity index (χ2v) is 7.48. The monoisotopic (exact) mass is 560 g/mol. The van der Waals surface area contributed by atoms with Crippen LogP contribution in [0.25, 0.3) is 0 Å². The van der Waals surface area contributed by atoms with E-state index in [1.165, 1.54) is 6.07 Å². The number of anilines is 2. The molecule has 10 heteroatoms. The van der Waals surface area contributed by atoms with Gasteiger partial charge in [0.2, 0.25) is 5.91 Å². The van der Waals surface area contributed by atoms with Gasteiger partial charge in [-0.1, -0.05) is 11.6 Å². The van der Waals surface area contributed by atoms with Crippen LogP contribution in [0.1, 0.15) is 19.3 Å². The highest BCUT2D eigenvalue weighted by Crippen LogP contribution is 2.20. The summed E-state index contributed by atoms with van der Waals surface area (Å²) in [6.07, 6.45) is 3.52. The SMILES string of the molecule is CN=C(NCCCC(=O)Nc1ccc(Cl)cc1)NC1CCN(c2ncccc2F)C1.I. The van der Waals surface area contributed by atoms with Crippen molar-refractivity contribution in [1.29, 1.82) is 0 Å². The molecule has 168 valence electrons. The predicted octanol–water partition coefficient (Wildman–Crippen LogP) is 3.65. The largest absolute Gasteiger partial charge is 0.356 e. The first-order valence-corrected chi connectivity index (χ1v) is 10.3. The van der Waals surface area contributed by atoms with Crippen molar-refractivity contribution in [3.05, 3.63) is 53.4 Å². The molecule has 0 saturated carbocycles. The van der Waals surface area contributed by atoms with Crippen molar-refractivity contribution >= 4 is 58.9 Å². The zero-order chi connectivity index (χ0) is 21.3. The van der Waals surface area contributed by atoms with E-state index in [0.717, 1.165) is 18.7 Å². The highest BCUT2D eigenvalue weighted by atomic mass is 127. The molecule has 1 atom stereocenters. The Hall–Kier alpha value is -2.14. The molecule has 1 aliphatic heterocycles. The summed E-state index contributed by atoms with van der Waals surface area (Å²) in [6, 6.07) is 10.2. The summed E-state index contributed by atoms with van der Waals surface area (Å²) in [7, 11) is 1.70. The molecule has 1 amide bonds. The first-order valence-electron chi connectivity index (χ1n) is 9.93. The highest BCUT2D eigenvalue weighted by Gasteiger charge is 2.25. The van der Waals surface area contributed by atoms with Gasteiger partial charge < -0.3 is 20.9 Å². The van der Waals surface area contributed by atoms with E-state index in [2.05, 4.69) is 25.9 Å². The van der Waals surface area contributed by atoms with E-state index in [9.17, 15) is 9.18 Å². The Morgan fingerprint density at radius 1 is 1.32 bits per heavy atom. The van der Waals surface area contributed by atoms with Crippen molar-refractivity contribution in [3.8, 4) is 0 Å². The van der Waals surface area contributed by atoms with E-state index in [4.69, 9.17) is 11.6 Å². The lowest BCUT2D eigenvalue weighted by Crippen LogP contribution is -2.45. The van der Waals surface area contributed by atoms with Crippen molar-refractivity contribution < 1.29 is 9.18 Å². The Kier molecular flexibility index (Phi) is 10.3. The molecule has 1 fully saturated rings. The number of amides is 1. The number of nitrogens with zero attached hydrogens (tertiary/aromatic N) is 3. The molecule has 1 unspecified atom stereocenters. The summed E-state index contributed by atoms with van der Waals surface area (Å²) in [5.41, 5.74) is 0.727. The molecule has 1 aliphatic rings. The number of pyridine rings is 1. The minimum Gasteiger partial charge on any atom is -0.356 e. The molecule has 3 rings (SSSR count). The number of rotatable bonds is 7. The highest BCUT2D eigenvalue weighted by molar-refractivity contribution is 14.0. The van der Waals surface area contributed by atoms with Gasteiger partial charge >= 0.3 is 0 Å². The van der Waals surface area contributed by atoms with Crippen LogP contribution in [-0.4, -0.2) is 49.6 Å². The van der Waals surface area contributed by atoms with Gasteiger partial charge in [0, 0.05) is 56.1 Å². The van der Waals surface area contributed by atoms with Crippen molar-refractivity contribution in [2.24, 2.45) is 4.99 Å². The number of hydrogen-bond acceptors (Lipinski definition) is 4. The fourth-order valence-electron chi connectivity index (χ4n) is 3.28.